The van der Waals surface area contributed by atoms with E-state index >= 15 is 0 Å². The number of allylic oxidation sites excluding steroid dienone is 9. The van der Waals surface area contributed by atoms with Gasteiger partial charge in [-0.25, -0.2) is 9.87 Å². The van der Waals surface area contributed by atoms with Crippen molar-refractivity contribution in [2.75, 3.05) is 26.7 Å². The molecule has 0 fully saturated rings. The Morgan fingerprint density at radius 2 is 1.91 bits per heavy atom. The second kappa shape index (κ2) is 19.8. The molecule has 0 aromatic rings. The SMILES string of the molecule is CCNC(=O)C1=CCC=C(S(=O)C(CC)CN(C)CC)C=C1.FC1=CC=CCC=C1.O=CNO. The van der Waals surface area contributed by atoms with E-state index in [1.165, 1.54) is 17.6 Å². The predicted octanol–water partition coefficient (Wildman–Crippen LogP) is 3.85. The Bertz CT molecular complexity index is 832. The summed E-state index contributed by atoms with van der Waals surface area (Å²) in [6.07, 6.45) is 18.3. The van der Waals surface area contributed by atoms with E-state index in [2.05, 4.69) is 24.1 Å². The molecular formula is C25H38FN3O4S. The van der Waals surface area contributed by atoms with Gasteiger partial charge in [0.1, 0.15) is 5.83 Å². The van der Waals surface area contributed by atoms with Gasteiger partial charge in [-0.2, -0.15) is 0 Å². The molecule has 34 heavy (non-hydrogen) atoms. The number of carbonyl (C=O) groups is 2. The van der Waals surface area contributed by atoms with Gasteiger partial charge in [-0.15, -0.1) is 0 Å². The van der Waals surface area contributed by atoms with E-state index in [1.807, 2.05) is 38.3 Å². The third kappa shape index (κ3) is 13.8. The van der Waals surface area contributed by atoms with Crippen molar-refractivity contribution in [3.63, 3.8) is 0 Å². The molecule has 0 aromatic heterocycles. The van der Waals surface area contributed by atoms with Crippen LogP contribution in [0, 0.1) is 0 Å². The summed E-state index contributed by atoms with van der Waals surface area (Å²) < 4.78 is 24.9. The van der Waals surface area contributed by atoms with E-state index in [0.29, 0.717) is 18.5 Å². The van der Waals surface area contributed by atoms with Crippen LogP contribution in [0.25, 0.3) is 0 Å². The van der Waals surface area contributed by atoms with Crippen LogP contribution in [0.4, 0.5) is 4.39 Å². The Balaban J connectivity index is 0.000000740. The molecule has 0 saturated carbocycles. The molecule has 7 nitrogen and oxygen atoms in total. The fraction of sp³-hybridized carbons (Fsp3) is 0.440. The van der Waals surface area contributed by atoms with Crippen molar-refractivity contribution in [1.29, 1.82) is 0 Å². The summed E-state index contributed by atoms with van der Waals surface area (Å²) in [5, 5.41) is 10.2. The number of rotatable bonds is 9. The summed E-state index contributed by atoms with van der Waals surface area (Å²) in [4.78, 5) is 23.7. The zero-order valence-corrected chi connectivity index (χ0v) is 21.3. The van der Waals surface area contributed by atoms with Gasteiger partial charge < -0.3 is 10.2 Å². The van der Waals surface area contributed by atoms with Gasteiger partial charge in [-0.05, 0) is 64.1 Å². The van der Waals surface area contributed by atoms with Gasteiger partial charge in [0.2, 0.25) is 6.41 Å². The lowest BCUT2D eigenvalue weighted by Crippen LogP contribution is -2.31. The maximum absolute atomic E-state index is 12.8. The first-order chi connectivity index (χ1) is 16.3. The van der Waals surface area contributed by atoms with Gasteiger partial charge in [0.25, 0.3) is 5.91 Å². The number of halogens is 1. The van der Waals surface area contributed by atoms with E-state index in [1.54, 1.807) is 18.2 Å². The minimum absolute atomic E-state index is 0.0723. The minimum Gasteiger partial charge on any atom is -0.352 e. The predicted molar refractivity (Wildman–Crippen MR) is 137 cm³/mol. The van der Waals surface area contributed by atoms with Crippen LogP contribution < -0.4 is 10.8 Å². The molecule has 0 spiro atoms. The Kier molecular flexibility index (Phi) is 18.3. The van der Waals surface area contributed by atoms with Gasteiger partial charge in [0.15, 0.2) is 0 Å². The van der Waals surface area contributed by atoms with Crippen molar-refractivity contribution < 1.29 is 23.4 Å². The van der Waals surface area contributed by atoms with Crippen LogP contribution in [-0.4, -0.2) is 58.6 Å². The summed E-state index contributed by atoms with van der Waals surface area (Å²) in [5.74, 6) is -0.240. The van der Waals surface area contributed by atoms with Crippen LogP contribution in [0.2, 0.25) is 0 Å². The number of nitrogens with zero attached hydrogens (tertiary/aromatic N) is 1. The molecule has 2 aliphatic rings. The molecule has 0 radical (unpaired) electrons. The number of hydrogen-bond acceptors (Lipinski definition) is 5. The summed E-state index contributed by atoms with van der Waals surface area (Å²) >= 11 is 0. The molecule has 2 amide bonds. The van der Waals surface area contributed by atoms with E-state index in [0.717, 1.165) is 30.8 Å². The molecule has 2 aliphatic carbocycles. The van der Waals surface area contributed by atoms with Gasteiger partial charge in [-0.3, -0.25) is 19.0 Å². The smallest absolute Gasteiger partial charge is 0.250 e. The number of amides is 2. The molecule has 2 atom stereocenters. The average Bonchev–Trinajstić information content (AvgIpc) is 3.25. The van der Waals surface area contributed by atoms with Crippen molar-refractivity contribution in [2.24, 2.45) is 0 Å². The standard InChI is InChI=1S/C17H28N2O2S.C7H7F.CH3NO2/c1-5-15(13-19(4)7-3)22(21)16-10-8-9-14(11-12-16)17(20)18-6-2;8-7-5-3-1-2-4-6-7;3-1-2-4/h9-12,15H,5-8,13H2,1-4H3,(H,18,20);1,3-6H,2H2;1,4H,(H,2,3). The van der Waals surface area contributed by atoms with E-state index in [-0.39, 0.29) is 23.4 Å². The first-order valence-corrected chi connectivity index (χ1v) is 12.5. The fourth-order valence-corrected chi connectivity index (χ4v) is 4.30. The van der Waals surface area contributed by atoms with Crippen molar-refractivity contribution >= 4 is 23.1 Å². The van der Waals surface area contributed by atoms with E-state index < -0.39 is 10.8 Å². The number of hydroxylamine groups is 1. The molecule has 0 aliphatic heterocycles. The molecule has 190 valence electrons. The summed E-state index contributed by atoms with van der Waals surface area (Å²) in [5.41, 5.74) is 1.89. The molecular weight excluding hydrogens is 457 g/mol. The molecule has 9 heteroatoms. The molecule has 0 saturated heterocycles. The van der Waals surface area contributed by atoms with Crippen molar-refractivity contribution in [3.05, 3.63) is 71.0 Å². The highest BCUT2D eigenvalue weighted by molar-refractivity contribution is 7.89. The van der Waals surface area contributed by atoms with Crippen molar-refractivity contribution in [2.45, 2.75) is 45.3 Å². The maximum Gasteiger partial charge on any atom is 0.250 e. The normalized spacial score (nSPS) is 16.1. The fourth-order valence-electron chi connectivity index (χ4n) is 2.76. The first-order valence-electron chi connectivity index (χ1n) is 11.3. The minimum atomic E-state index is -1.04. The Labute approximate surface area is 205 Å². The van der Waals surface area contributed by atoms with Crippen LogP contribution in [-0.2, 0) is 20.4 Å². The zero-order valence-electron chi connectivity index (χ0n) is 20.5. The molecule has 2 rings (SSSR count). The van der Waals surface area contributed by atoms with Gasteiger partial charge >= 0.3 is 0 Å². The number of likely N-dealkylation sites (N-methyl/N-ethyl adjacent to an activating group) is 1. The van der Waals surface area contributed by atoms with Crippen LogP contribution in [0.3, 0.4) is 0 Å². The van der Waals surface area contributed by atoms with Crippen LogP contribution in [0.5, 0.6) is 0 Å². The van der Waals surface area contributed by atoms with Gasteiger partial charge in [0.05, 0.1) is 16.0 Å². The Morgan fingerprint density at radius 3 is 2.50 bits per heavy atom. The monoisotopic (exact) mass is 495 g/mol. The number of carbonyl (C=O) groups excluding carboxylic acids is 2. The highest BCUT2D eigenvalue weighted by Crippen LogP contribution is 2.19. The van der Waals surface area contributed by atoms with Crippen LogP contribution in [0.15, 0.2) is 71.0 Å². The van der Waals surface area contributed by atoms with Gasteiger partial charge in [0, 0.05) is 23.6 Å². The molecule has 3 N–H and O–H groups in total. The lowest BCUT2D eigenvalue weighted by molar-refractivity contribution is -0.117. The third-order valence-electron chi connectivity index (χ3n) is 4.72. The number of hydrogen-bond donors (Lipinski definition) is 3. The first kappa shape index (κ1) is 31.4. The van der Waals surface area contributed by atoms with Gasteiger partial charge in [-0.1, -0.05) is 44.2 Å². The molecule has 0 heterocycles. The van der Waals surface area contributed by atoms with Crippen molar-refractivity contribution in [3.8, 4) is 0 Å². The summed E-state index contributed by atoms with van der Waals surface area (Å²) in [6.45, 7) is 8.45. The quantitative estimate of drug-likeness (QED) is 0.256. The maximum atomic E-state index is 12.8. The molecule has 0 bridgehead atoms. The summed E-state index contributed by atoms with van der Waals surface area (Å²) in [7, 11) is 1.01. The second-order valence-corrected chi connectivity index (χ2v) is 8.97. The third-order valence-corrected chi connectivity index (χ3v) is 6.58. The largest absolute Gasteiger partial charge is 0.352 e. The highest BCUT2D eigenvalue weighted by Gasteiger charge is 2.19. The van der Waals surface area contributed by atoms with E-state index in [9.17, 15) is 13.4 Å². The topological polar surface area (TPSA) is 98.7 Å². The van der Waals surface area contributed by atoms with Crippen LogP contribution in [0.1, 0.15) is 40.0 Å². The Hall–Kier alpha value is -2.62. The summed E-state index contributed by atoms with van der Waals surface area (Å²) in [6, 6.07) is 0. The lowest BCUT2D eigenvalue weighted by Gasteiger charge is -2.21. The van der Waals surface area contributed by atoms with Crippen molar-refractivity contribution in [1.82, 2.24) is 15.7 Å². The zero-order chi connectivity index (χ0) is 25.8. The lowest BCUT2D eigenvalue weighted by atomic mass is 10.2. The van der Waals surface area contributed by atoms with Crippen LogP contribution >= 0.6 is 0 Å². The Morgan fingerprint density at radius 1 is 1.21 bits per heavy atom. The second-order valence-electron chi connectivity index (χ2n) is 7.24. The average molecular weight is 496 g/mol. The van der Waals surface area contributed by atoms with E-state index in [4.69, 9.17) is 10.0 Å². The number of nitrogens with one attached hydrogen (secondary N) is 2. The molecule has 0 aromatic carbocycles. The highest BCUT2D eigenvalue weighted by atomic mass is 32.2. The molecule has 2 unspecified atom stereocenters.